The SMILES string of the molecule is C=C(C)[C@@H]1CC[C@]2(C)S[P@@](=S)(OC[C@H]3O[C@@H](n4cnc5c(=O)[nH]c(N)nc54)[C@H](F)C3O[Si](C)(C)C(C)(C)C)O[C@H]2C1. The van der Waals surface area contributed by atoms with E-state index >= 15 is 4.39 Å². The second-order valence-electron chi connectivity index (χ2n) is 13.2. The van der Waals surface area contributed by atoms with Crippen LogP contribution in [0.25, 0.3) is 11.2 Å². The van der Waals surface area contributed by atoms with Crippen LogP contribution in [0.4, 0.5) is 10.3 Å². The third-order valence-electron chi connectivity index (χ3n) is 9.07. The molecule has 15 heteroatoms. The lowest BCUT2D eigenvalue weighted by Gasteiger charge is -2.39. The molecule has 3 N–H and O–H groups in total. The number of allylic oxidation sites excluding steroid dienone is 1. The highest BCUT2D eigenvalue weighted by Crippen LogP contribution is 2.75. The van der Waals surface area contributed by atoms with Crippen LogP contribution in [0.2, 0.25) is 18.1 Å². The number of nitrogens with zero attached hydrogens (tertiary/aromatic N) is 3. The van der Waals surface area contributed by atoms with Gasteiger partial charge in [-0.05, 0) is 69.0 Å². The molecule has 1 saturated carbocycles. The molecule has 2 aliphatic heterocycles. The molecular weight excluding hydrogens is 605 g/mol. The van der Waals surface area contributed by atoms with Gasteiger partial charge >= 0.3 is 0 Å². The molecule has 3 fully saturated rings. The average Bonchev–Trinajstić information content (AvgIpc) is 3.48. The van der Waals surface area contributed by atoms with Crippen molar-refractivity contribution in [2.24, 2.45) is 5.92 Å². The minimum absolute atomic E-state index is 0.00990. The maximum Gasteiger partial charge on any atom is 0.280 e. The standard InChI is InChI=1S/C26H41FN5O5PS2Si/c1-14(2)15-9-10-26(6)17(11-15)36-38(39,40-26)34-12-16-20(37-41(7,8)25(3,4)5)18(27)23(35-16)32-13-29-19-21(32)30-24(28)31-22(19)33/h13,15-18,20,23H,1,9-12H2,2-8H3,(H3,28,30,31,33)/t15-,16-,17+,18-,20?,23-,26+,38+/m1/s1. The fourth-order valence-corrected chi connectivity index (χ4v) is 13.9. The van der Waals surface area contributed by atoms with Gasteiger partial charge in [-0.2, -0.15) is 4.98 Å². The van der Waals surface area contributed by atoms with Crippen LogP contribution in [0.3, 0.4) is 0 Å². The van der Waals surface area contributed by atoms with E-state index in [0.717, 1.165) is 24.8 Å². The summed E-state index contributed by atoms with van der Waals surface area (Å²) in [6, 6.07) is 0. The number of fused-ring (bicyclic) bond motifs is 2. The molecular formula is C26H41FN5O5PS2Si. The number of nitrogen functional groups attached to an aromatic ring is 1. The summed E-state index contributed by atoms with van der Waals surface area (Å²) < 4.78 is 43.4. The first-order valence-electron chi connectivity index (χ1n) is 13.9. The molecule has 0 amide bonds. The smallest absolute Gasteiger partial charge is 0.280 e. The van der Waals surface area contributed by atoms with E-state index in [2.05, 4.69) is 69.2 Å². The van der Waals surface area contributed by atoms with Gasteiger partial charge in [0.15, 0.2) is 31.9 Å². The predicted octanol–water partition coefficient (Wildman–Crippen LogP) is 5.84. The average molecular weight is 646 g/mol. The van der Waals surface area contributed by atoms with Crippen LogP contribution < -0.4 is 11.3 Å². The number of alkyl halides is 1. The first kappa shape index (κ1) is 31.3. The quantitative estimate of drug-likeness (QED) is 0.216. The predicted molar refractivity (Wildman–Crippen MR) is 167 cm³/mol. The number of imidazole rings is 1. The van der Waals surface area contributed by atoms with Crippen LogP contribution in [0.15, 0.2) is 23.3 Å². The summed E-state index contributed by atoms with van der Waals surface area (Å²) >= 11 is 7.59. The van der Waals surface area contributed by atoms with Gasteiger partial charge in [-0.1, -0.05) is 44.3 Å². The molecule has 1 aliphatic carbocycles. The second-order valence-corrected chi connectivity index (χ2v) is 24.5. The second kappa shape index (κ2) is 10.8. The third kappa shape index (κ3) is 5.87. The van der Waals surface area contributed by atoms with Crippen molar-refractivity contribution in [2.75, 3.05) is 12.3 Å². The Morgan fingerprint density at radius 1 is 1.46 bits per heavy atom. The van der Waals surface area contributed by atoms with Gasteiger partial charge < -0.3 is 23.9 Å². The first-order chi connectivity index (χ1) is 18.9. The van der Waals surface area contributed by atoms with E-state index in [1.807, 2.05) is 0 Å². The Kier molecular flexibility index (Phi) is 8.24. The molecule has 3 aliphatic rings. The van der Waals surface area contributed by atoms with Gasteiger partial charge in [-0.3, -0.25) is 14.3 Å². The highest BCUT2D eigenvalue weighted by atomic mass is 32.9. The number of ether oxygens (including phenoxy) is 1. The van der Waals surface area contributed by atoms with Crippen molar-refractivity contribution in [3.05, 3.63) is 28.8 Å². The zero-order valence-corrected chi connectivity index (χ0v) is 28.2. The van der Waals surface area contributed by atoms with Gasteiger partial charge in [0.1, 0.15) is 12.2 Å². The van der Waals surface area contributed by atoms with E-state index in [-0.39, 0.29) is 39.6 Å². The summed E-state index contributed by atoms with van der Waals surface area (Å²) in [6.07, 6.45) is -0.237. The van der Waals surface area contributed by atoms with Crippen LogP contribution in [-0.4, -0.2) is 63.7 Å². The van der Waals surface area contributed by atoms with Crippen LogP contribution in [0, 0.1) is 5.92 Å². The largest absolute Gasteiger partial charge is 0.408 e. The van der Waals surface area contributed by atoms with Crippen molar-refractivity contribution in [3.8, 4) is 0 Å². The maximum atomic E-state index is 16.4. The van der Waals surface area contributed by atoms with Crippen molar-refractivity contribution in [1.82, 2.24) is 19.5 Å². The number of rotatable bonds is 7. The Hall–Kier alpha value is -1.12. The number of hydrogen-bond donors (Lipinski definition) is 2. The van der Waals surface area contributed by atoms with Gasteiger partial charge in [-0.25, -0.2) is 9.37 Å². The molecule has 10 nitrogen and oxygen atoms in total. The van der Waals surface area contributed by atoms with E-state index in [4.69, 9.17) is 35.8 Å². The van der Waals surface area contributed by atoms with Gasteiger partial charge in [0.2, 0.25) is 11.6 Å². The van der Waals surface area contributed by atoms with Crippen molar-refractivity contribution >= 4 is 54.3 Å². The maximum absolute atomic E-state index is 16.4. The molecule has 0 spiro atoms. The molecule has 0 bridgehead atoms. The van der Waals surface area contributed by atoms with Crippen molar-refractivity contribution in [2.45, 2.75) is 107 Å². The fraction of sp³-hybridized carbons (Fsp3) is 0.731. The van der Waals surface area contributed by atoms with Crippen LogP contribution in [0.1, 0.15) is 60.1 Å². The fourth-order valence-electron chi connectivity index (χ4n) is 5.45. The molecule has 2 saturated heterocycles. The van der Waals surface area contributed by atoms with Gasteiger partial charge in [0, 0.05) is 4.75 Å². The lowest BCUT2D eigenvalue weighted by atomic mass is 9.77. The van der Waals surface area contributed by atoms with Gasteiger partial charge in [0.05, 0.1) is 19.0 Å². The number of anilines is 1. The third-order valence-corrected chi connectivity index (χ3v) is 19.4. The molecule has 0 aromatic carbocycles. The van der Waals surface area contributed by atoms with E-state index < -0.39 is 44.2 Å². The molecule has 1 unspecified atom stereocenters. The van der Waals surface area contributed by atoms with Gasteiger partial charge in [-0.15, -0.1) is 0 Å². The van der Waals surface area contributed by atoms with Crippen LogP contribution in [-0.2, 0) is 30.0 Å². The number of aromatic amines is 1. The Labute approximate surface area is 250 Å². The lowest BCUT2D eigenvalue weighted by Crippen LogP contribution is -2.49. The zero-order valence-electron chi connectivity index (χ0n) is 24.7. The summed E-state index contributed by atoms with van der Waals surface area (Å²) in [4.78, 5) is 23.1. The summed E-state index contributed by atoms with van der Waals surface area (Å²) in [5.41, 5.74) is 3.89. The monoisotopic (exact) mass is 645 g/mol. The van der Waals surface area contributed by atoms with Gasteiger partial charge in [0.25, 0.3) is 5.56 Å². The minimum atomic E-state index is -2.73. The topological polar surface area (TPSA) is 127 Å². The number of nitrogens with one attached hydrogen (secondary N) is 1. The van der Waals surface area contributed by atoms with E-state index in [1.165, 1.54) is 10.9 Å². The summed E-state index contributed by atoms with van der Waals surface area (Å²) in [5.74, 6) is 0.312. The number of nitrogens with two attached hydrogens (primary N) is 1. The Morgan fingerprint density at radius 3 is 2.83 bits per heavy atom. The Balaban J connectivity index is 1.40. The molecule has 8 atom stereocenters. The lowest BCUT2D eigenvalue weighted by molar-refractivity contribution is -0.0405. The molecule has 2 aromatic heterocycles. The van der Waals surface area contributed by atoms with E-state index in [0.29, 0.717) is 5.92 Å². The number of hydrogen-bond acceptors (Lipinski definition) is 10. The van der Waals surface area contributed by atoms with E-state index in [1.54, 1.807) is 11.4 Å². The van der Waals surface area contributed by atoms with Crippen molar-refractivity contribution in [3.63, 3.8) is 0 Å². The van der Waals surface area contributed by atoms with Crippen LogP contribution >= 0.6 is 17.1 Å². The molecule has 0 radical (unpaired) electrons. The zero-order chi connectivity index (χ0) is 30.1. The normalized spacial score (nSPS) is 36.1. The highest BCUT2D eigenvalue weighted by Gasteiger charge is 2.55. The van der Waals surface area contributed by atoms with Crippen LogP contribution in [0.5, 0.6) is 0 Å². The summed E-state index contributed by atoms with van der Waals surface area (Å²) in [6.45, 7) is 18.9. The Morgan fingerprint density at radius 2 is 2.17 bits per heavy atom. The Bertz CT molecular complexity index is 1450. The molecule has 41 heavy (non-hydrogen) atoms. The first-order valence-corrected chi connectivity index (χ1v) is 20.9. The number of H-pyrrole nitrogens is 1. The van der Waals surface area contributed by atoms with Crippen molar-refractivity contribution in [1.29, 1.82) is 0 Å². The molecule has 228 valence electrons. The highest BCUT2D eigenvalue weighted by molar-refractivity contribution is 8.68. The summed E-state index contributed by atoms with van der Waals surface area (Å²) in [7, 11) is -2.43. The molecule has 5 rings (SSSR count). The van der Waals surface area contributed by atoms with Crippen molar-refractivity contribution < 1.29 is 22.6 Å². The van der Waals surface area contributed by atoms with E-state index in [9.17, 15) is 4.79 Å². The molecule has 4 heterocycles. The number of halogens is 1. The molecule has 2 aromatic rings. The number of aromatic nitrogens is 4. The summed E-state index contributed by atoms with van der Waals surface area (Å²) in [5, 5.41) is -0.165. The minimum Gasteiger partial charge on any atom is -0.408 e.